The molecule has 4 heteroatoms. The highest BCUT2D eigenvalue weighted by molar-refractivity contribution is 5.00. The lowest BCUT2D eigenvalue weighted by atomic mass is 9.85. The number of aromatic nitrogens is 3. The zero-order valence-corrected chi connectivity index (χ0v) is 6.25. The Labute approximate surface area is 64.7 Å². The van der Waals surface area contributed by atoms with Gasteiger partial charge in [-0.25, -0.2) is 4.98 Å². The van der Waals surface area contributed by atoms with Crippen molar-refractivity contribution in [2.75, 3.05) is 0 Å². The van der Waals surface area contributed by atoms with Crippen molar-refractivity contribution in [2.24, 2.45) is 0 Å². The van der Waals surface area contributed by atoms with Crippen molar-refractivity contribution in [2.45, 2.75) is 31.8 Å². The van der Waals surface area contributed by atoms with E-state index in [-0.39, 0.29) is 6.61 Å². The first-order valence-corrected chi connectivity index (χ1v) is 3.92. The zero-order chi connectivity index (χ0) is 7.68. The summed E-state index contributed by atoms with van der Waals surface area (Å²) in [6.07, 6.45) is 3.68. The first-order valence-electron chi connectivity index (χ1n) is 3.92. The maximum atomic E-state index is 8.69. The number of hydrogen-bond acceptors (Lipinski definition) is 3. The summed E-state index contributed by atoms with van der Waals surface area (Å²) < 4.78 is 0. The van der Waals surface area contributed by atoms with Crippen molar-refractivity contribution < 1.29 is 5.11 Å². The lowest BCUT2D eigenvalue weighted by Gasteiger charge is -2.21. The lowest BCUT2D eigenvalue weighted by molar-refractivity contribution is 0.271. The number of H-pyrrole nitrogens is 1. The summed E-state index contributed by atoms with van der Waals surface area (Å²) in [5.74, 6) is 2.00. The van der Waals surface area contributed by atoms with Gasteiger partial charge in [-0.05, 0) is 12.8 Å². The van der Waals surface area contributed by atoms with Crippen molar-refractivity contribution >= 4 is 0 Å². The average molecular weight is 153 g/mol. The maximum Gasteiger partial charge on any atom is 0.153 e. The number of nitrogens with one attached hydrogen (secondary N) is 1. The Kier molecular flexibility index (Phi) is 1.62. The van der Waals surface area contributed by atoms with E-state index in [1.54, 1.807) is 0 Å². The van der Waals surface area contributed by atoms with Crippen LogP contribution in [-0.2, 0) is 6.61 Å². The summed E-state index contributed by atoms with van der Waals surface area (Å²) in [6, 6.07) is 0. The number of aliphatic hydroxyl groups excluding tert-OH is 1. The minimum absolute atomic E-state index is 0.0419. The lowest BCUT2D eigenvalue weighted by Crippen LogP contribution is -2.10. The first kappa shape index (κ1) is 6.79. The van der Waals surface area contributed by atoms with E-state index in [4.69, 9.17) is 5.11 Å². The van der Waals surface area contributed by atoms with Crippen molar-refractivity contribution in [3.05, 3.63) is 11.6 Å². The van der Waals surface area contributed by atoms with Crippen molar-refractivity contribution in [1.82, 2.24) is 15.2 Å². The topological polar surface area (TPSA) is 61.8 Å². The average Bonchev–Trinajstić information content (AvgIpc) is 2.32. The van der Waals surface area contributed by atoms with Gasteiger partial charge in [0.25, 0.3) is 0 Å². The zero-order valence-electron chi connectivity index (χ0n) is 6.25. The standard InChI is InChI=1S/C7H11N3O/c11-4-6-8-7(10-9-6)5-2-1-3-5/h5,11H,1-4H2,(H,8,9,10). The minimum atomic E-state index is -0.0419. The molecule has 2 rings (SSSR count). The monoisotopic (exact) mass is 153 g/mol. The molecule has 0 spiro atoms. The fourth-order valence-corrected chi connectivity index (χ4v) is 1.23. The van der Waals surface area contributed by atoms with Crippen LogP contribution in [0.1, 0.15) is 36.8 Å². The maximum absolute atomic E-state index is 8.69. The third-order valence-corrected chi connectivity index (χ3v) is 2.17. The second kappa shape index (κ2) is 2.62. The molecule has 0 amide bonds. The van der Waals surface area contributed by atoms with Crippen LogP contribution in [-0.4, -0.2) is 20.3 Å². The van der Waals surface area contributed by atoms with E-state index in [1.165, 1.54) is 19.3 Å². The largest absolute Gasteiger partial charge is 0.388 e. The van der Waals surface area contributed by atoms with E-state index >= 15 is 0 Å². The molecule has 11 heavy (non-hydrogen) atoms. The van der Waals surface area contributed by atoms with Gasteiger partial charge in [0, 0.05) is 5.92 Å². The molecule has 1 heterocycles. The van der Waals surface area contributed by atoms with Crippen LogP contribution < -0.4 is 0 Å². The van der Waals surface area contributed by atoms with E-state index in [1.807, 2.05) is 0 Å². The number of aliphatic hydroxyl groups is 1. The Hall–Kier alpha value is -0.900. The van der Waals surface area contributed by atoms with Crippen LogP contribution in [0.15, 0.2) is 0 Å². The third kappa shape index (κ3) is 1.14. The molecule has 0 atom stereocenters. The molecule has 1 saturated carbocycles. The fourth-order valence-electron chi connectivity index (χ4n) is 1.23. The van der Waals surface area contributed by atoms with Gasteiger partial charge < -0.3 is 5.11 Å². The minimum Gasteiger partial charge on any atom is -0.388 e. The van der Waals surface area contributed by atoms with Gasteiger partial charge in [-0.3, -0.25) is 5.10 Å². The summed E-state index contributed by atoms with van der Waals surface area (Å²) >= 11 is 0. The second-order valence-corrected chi connectivity index (χ2v) is 2.93. The van der Waals surface area contributed by atoms with Gasteiger partial charge in [0.15, 0.2) is 5.82 Å². The van der Waals surface area contributed by atoms with Crippen LogP contribution in [0.25, 0.3) is 0 Å². The molecule has 1 aromatic heterocycles. The molecule has 0 unspecified atom stereocenters. The van der Waals surface area contributed by atoms with Gasteiger partial charge in [-0.2, -0.15) is 5.10 Å². The molecule has 0 bridgehead atoms. The van der Waals surface area contributed by atoms with E-state index < -0.39 is 0 Å². The quantitative estimate of drug-likeness (QED) is 0.652. The Morgan fingerprint density at radius 3 is 2.82 bits per heavy atom. The Balaban J connectivity index is 2.11. The molecule has 1 aliphatic rings. The molecule has 2 N–H and O–H groups in total. The molecular weight excluding hydrogens is 142 g/mol. The number of nitrogens with zero attached hydrogens (tertiary/aromatic N) is 2. The third-order valence-electron chi connectivity index (χ3n) is 2.17. The SMILES string of the molecule is OCc1nc(C2CCC2)n[nH]1. The number of aromatic amines is 1. The number of rotatable bonds is 2. The summed E-state index contributed by atoms with van der Waals surface area (Å²) in [5, 5.41) is 15.4. The molecule has 4 nitrogen and oxygen atoms in total. The van der Waals surface area contributed by atoms with Gasteiger partial charge in [0.05, 0.1) is 0 Å². The van der Waals surface area contributed by atoms with E-state index in [0.717, 1.165) is 5.82 Å². The number of hydrogen-bond donors (Lipinski definition) is 2. The summed E-state index contributed by atoms with van der Waals surface area (Å²) in [4.78, 5) is 4.13. The van der Waals surface area contributed by atoms with Gasteiger partial charge in [0.2, 0.25) is 0 Å². The first-order chi connectivity index (χ1) is 5.40. The summed E-state index contributed by atoms with van der Waals surface area (Å²) in [7, 11) is 0. The van der Waals surface area contributed by atoms with Crippen molar-refractivity contribution in [3.8, 4) is 0 Å². The highest BCUT2D eigenvalue weighted by Gasteiger charge is 2.23. The highest BCUT2D eigenvalue weighted by atomic mass is 16.3. The van der Waals surface area contributed by atoms with E-state index in [0.29, 0.717) is 11.7 Å². The van der Waals surface area contributed by atoms with Crippen LogP contribution in [0.4, 0.5) is 0 Å². The molecule has 60 valence electrons. The molecule has 1 aromatic rings. The second-order valence-electron chi connectivity index (χ2n) is 2.93. The molecule has 0 aliphatic heterocycles. The van der Waals surface area contributed by atoms with Crippen LogP contribution in [0.3, 0.4) is 0 Å². The Bertz CT molecular complexity index is 242. The predicted molar refractivity (Wildman–Crippen MR) is 38.9 cm³/mol. The van der Waals surface area contributed by atoms with E-state index in [9.17, 15) is 0 Å². The Morgan fingerprint density at radius 1 is 1.55 bits per heavy atom. The summed E-state index contributed by atoms with van der Waals surface area (Å²) in [6.45, 7) is -0.0419. The smallest absolute Gasteiger partial charge is 0.153 e. The highest BCUT2D eigenvalue weighted by Crippen LogP contribution is 2.33. The fraction of sp³-hybridized carbons (Fsp3) is 0.714. The van der Waals surface area contributed by atoms with Crippen LogP contribution in [0, 0.1) is 0 Å². The van der Waals surface area contributed by atoms with Gasteiger partial charge in [-0.1, -0.05) is 6.42 Å². The van der Waals surface area contributed by atoms with Crippen LogP contribution in [0.5, 0.6) is 0 Å². The van der Waals surface area contributed by atoms with Gasteiger partial charge in [0.1, 0.15) is 12.4 Å². The predicted octanol–water partition coefficient (Wildman–Crippen LogP) is 0.565. The molecule has 0 saturated heterocycles. The van der Waals surface area contributed by atoms with E-state index in [2.05, 4.69) is 15.2 Å². The molecule has 1 aliphatic carbocycles. The molecule has 1 fully saturated rings. The van der Waals surface area contributed by atoms with Crippen molar-refractivity contribution in [1.29, 1.82) is 0 Å². The van der Waals surface area contributed by atoms with Crippen LogP contribution >= 0.6 is 0 Å². The van der Waals surface area contributed by atoms with Gasteiger partial charge in [-0.15, -0.1) is 0 Å². The van der Waals surface area contributed by atoms with Gasteiger partial charge >= 0.3 is 0 Å². The normalized spacial score (nSPS) is 18.3. The molecule has 0 radical (unpaired) electrons. The summed E-state index contributed by atoms with van der Waals surface area (Å²) in [5.41, 5.74) is 0. The molecular formula is C7H11N3O. The van der Waals surface area contributed by atoms with Crippen LogP contribution in [0.2, 0.25) is 0 Å². The Morgan fingerprint density at radius 2 is 2.36 bits per heavy atom. The molecule has 0 aromatic carbocycles. The van der Waals surface area contributed by atoms with Crippen molar-refractivity contribution in [3.63, 3.8) is 0 Å².